The lowest BCUT2D eigenvalue weighted by atomic mass is 10.0. The average Bonchev–Trinajstić information content (AvgIpc) is 2.15. The van der Waals surface area contributed by atoms with Crippen LogP contribution >= 0.6 is 0 Å². The molecule has 0 spiro atoms. The molecule has 1 aliphatic heterocycles. The fourth-order valence-electron chi connectivity index (χ4n) is 0.956. The van der Waals surface area contributed by atoms with E-state index in [9.17, 15) is 0 Å². The van der Waals surface area contributed by atoms with Crippen molar-refractivity contribution in [2.24, 2.45) is 0 Å². The summed E-state index contributed by atoms with van der Waals surface area (Å²) >= 11 is 0. The zero-order valence-corrected chi connectivity index (χ0v) is 5.50. The van der Waals surface area contributed by atoms with Gasteiger partial charge in [-0.25, -0.2) is 0 Å². The molecular weight excluding hydrogens is 120 g/mol. The van der Waals surface area contributed by atoms with Crippen LogP contribution in [0.5, 0.6) is 0 Å². The molecule has 1 saturated heterocycles. The minimum Gasteiger partial charge on any atom is -0.393 e. The fourth-order valence-corrected chi connectivity index (χ4v) is 0.956. The number of rotatable bonds is 1. The van der Waals surface area contributed by atoms with E-state index in [1.807, 2.05) is 0 Å². The Kier molecular flexibility index (Phi) is 1.75. The van der Waals surface area contributed by atoms with E-state index in [1.165, 1.54) is 0 Å². The van der Waals surface area contributed by atoms with E-state index < -0.39 is 11.7 Å². The van der Waals surface area contributed by atoms with Crippen LogP contribution in [-0.2, 0) is 4.74 Å². The Balaban J connectivity index is 2.56. The Bertz CT molecular complexity index is 104. The van der Waals surface area contributed by atoms with E-state index in [1.54, 1.807) is 6.92 Å². The van der Waals surface area contributed by atoms with Crippen LogP contribution in [0.25, 0.3) is 0 Å². The van der Waals surface area contributed by atoms with E-state index in [0.717, 1.165) is 0 Å². The van der Waals surface area contributed by atoms with Gasteiger partial charge in [-0.05, 0) is 13.3 Å². The Morgan fingerprint density at radius 1 is 1.78 bits per heavy atom. The van der Waals surface area contributed by atoms with Gasteiger partial charge in [-0.3, -0.25) is 0 Å². The number of aliphatic hydroxyl groups excluding tert-OH is 2. The van der Waals surface area contributed by atoms with Gasteiger partial charge in [0.2, 0.25) is 0 Å². The molecule has 0 unspecified atom stereocenters. The third-order valence-electron chi connectivity index (χ3n) is 1.84. The summed E-state index contributed by atoms with van der Waals surface area (Å²) in [5.41, 5.74) is -0.694. The molecule has 9 heavy (non-hydrogen) atoms. The van der Waals surface area contributed by atoms with Crippen LogP contribution in [0.3, 0.4) is 0 Å². The Hall–Kier alpha value is -0.120. The first-order chi connectivity index (χ1) is 4.19. The molecule has 2 N–H and O–H groups in total. The van der Waals surface area contributed by atoms with Gasteiger partial charge in [-0.1, -0.05) is 0 Å². The van der Waals surface area contributed by atoms with Crippen LogP contribution in [0.4, 0.5) is 0 Å². The summed E-state index contributed by atoms with van der Waals surface area (Å²) in [6.45, 7) is 2.16. The maximum atomic E-state index is 9.16. The largest absolute Gasteiger partial charge is 0.393 e. The van der Waals surface area contributed by atoms with E-state index in [0.29, 0.717) is 13.0 Å². The van der Waals surface area contributed by atoms with Crippen LogP contribution < -0.4 is 0 Å². The molecule has 2 atom stereocenters. The lowest BCUT2D eigenvalue weighted by Crippen LogP contribution is -2.39. The van der Waals surface area contributed by atoms with Gasteiger partial charge in [0.25, 0.3) is 0 Å². The molecule has 3 nitrogen and oxygen atoms in total. The number of hydrogen-bond acceptors (Lipinski definition) is 3. The van der Waals surface area contributed by atoms with Crippen LogP contribution in [0, 0.1) is 0 Å². The number of aliphatic hydroxyl groups is 2. The van der Waals surface area contributed by atoms with Crippen LogP contribution in [0.2, 0.25) is 0 Å². The van der Waals surface area contributed by atoms with Crippen molar-refractivity contribution in [2.75, 3.05) is 13.2 Å². The van der Waals surface area contributed by atoms with E-state index in [2.05, 4.69) is 0 Å². The maximum Gasteiger partial charge on any atom is 0.114 e. The molecular formula is C6H12O3. The van der Waals surface area contributed by atoms with Crippen molar-refractivity contribution in [3.8, 4) is 0 Å². The molecule has 0 amide bonds. The van der Waals surface area contributed by atoms with E-state index in [4.69, 9.17) is 14.9 Å². The van der Waals surface area contributed by atoms with Crippen LogP contribution in [0.15, 0.2) is 0 Å². The van der Waals surface area contributed by atoms with Crippen molar-refractivity contribution >= 4 is 0 Å². The van der Waals surface area contributed by atoms with Gasteiger partial charge >= 0.3 is 0 Å². The molecule has 0 aliphatic carbocycles. The summed E-state index contributed by atoms with van der Waals surface area (Å²) in [5.74, 6) is 0. The molecule has 0 aromatic heterocycles. The molecule has 3 heteroatoms. The monoisotopic (exact) mass is 132 g/mol. The molecule has 1 heterocycles. The minimum atomic E-state index is -0.694. The molecule has 54 valence electrons. The SMILES string of the molecule is C[C@]1(CO)OCC[C@@H]1O. The van der Waals surface area contributed by atoms with Crippen LogP contribution in [-0.4, -0.2) is 35.1 Å². The second-order valence-electron chi connectivity index (χ2n) is 2.62. The second kappa shape index (κ2) is 2.25. The highest BCUT2D eigenvalue weighted by Crippen LogP contribution is 2.24. The van der Waals surface area contributed by atoms with Gasteiger partial charge in [0.05, 0.1) is 19.3 Å². The maximum absolute atomic E-state index is 9.16. The zero-order valence-electron chi connectivity index (χ0n) is 5.50. The third kappa shape index (κ3) is 1.08. The topological polar surface area (TPSA) is 49.7 Å². The highest BCUT2D eigenvalue weighted by atomic mass is 16.5. The summed E-state index contributed by atoms with van der Waals surface area (Å²) in [7, 11) is 0. The third-order valence-corrected chi connectivity index (χ3v) is 1.84. The molecule has 1 fully saturated rings. The predicted octanol–water partition coefficient (Wildman–Crippen LogP) is -0.481. The normalized spacial score (nSPS) is 43.7. The van der Waals surface area contributed by atoms with Gasteiger partial charge in [0.1, 0.15) is 5.60 Å². The second-order valence-corrected chi connectivity index (χ2v) is 2.62. The van der Waals surface area contributed by atoms with Gasteiger partial charge in [-0.2, -0.15) is 0 Å². The van der Waals surface area contributed by atoms with E-state index in [-0.39, 0.29) is 6.61 Å². The predicted molar refractivity (Wildman–Crippen MR) is 32.1 cm³/mol. The van der Waals surface area contributed by atoms with Crippen molar-refractivity contribution in [1.82, 2.24) is 0 Å². The van der Waals surface area contributed by atoms with Crippen molar-refractivity contribution in [1.29, 1.82) is 0 Å². The summed E-state index contributed by atoms with van der Waals surface area (Å²) in [4.78, 5) is 0. The summed E-state index contributed by atoms with van der Waals surface area (Å²) in [6.07, 6.45) is 0.138. The number of hydrogen-bond donors (Lipinski definition) is 2. The number of ether oxygens (including phenoxy) is 1. The average molecular weight is 132 g/mol. The van der Waals surface area contributed by atoms with Gasteiger partial charge in [0, 0.05) is 0 Å². The molecule has 1 rings (SSSR count). The Morgan fingerprint density at radius 3 is 2.67 bits per heavy atom. The lowest BCUT2D eigenvalue weighted by Gasteiger charge is -2.23. The highest BCUT2D eigenvalue weighted by molar-refractivity contribution is 4.87. The summed E-state index contributed by atoms with van der Waals surface area (Å²) in [6, 6.07) is 0. The molecule has 0 aromatic carbocycles. The molecule has 1 aliphatic rings. The molecule has 0 bridgehead atoms. The van der Waals surface area contributed by atoms with Crippen molar-refractivity contribution < 1.29 is 14.9 Å². The lowest BCUT2D eigenvalue weighted by molar-refractivity contribution is -0.0766. The fraction of sp³-hybridized carbons (Fsp3) is 1.00. The van der Waals surface area contributed by atoms with Gasteiger partial charge < -0.3 is 14.9 Å². The Labute approximate surface area is 54.3 Å². The Morgan fingerprint density at radius 2 is 2.44 bits per heavy atom. The van der Waals surface area contributed by atoms with Crippen molar-refractivity contribution in [2.45, 2.75) is 25.0 Å². The van der Waals surface area contributed by atoms with Crippen LogP contribution in [0.1, 0.15) is 13.3 Å². The quantitative estimate of drug-likeness (QED) is 0.506. The smallest absolute Gasteiger partial charge is 0.114 e. The first kappa shape index (κ1) is 6.99. The van der Waals surface area contributed by atoms with Crippen molar-refractivity contribution in [3.63, 3.8) is 0 Å². The molecule has 0 radical (unpaired) electrons. The highest BCUT2D eigenvalue weighted by Gasteiger charge is 2.38. The standard InChI is InChI=1S/C6H12O3/c1-6(4-7)5(8)2-3-9-6/h5,7-8H,2-4H2,1H3/t5-,6+/m0/s1. The first-order valence-electron chi connectivity index (χ1n) is 3.12. The summed E-state index contributed by atoms with van der Waals surface area (Å²) in [5, 5.41) is 17.9. The summed E-state index contributed by atoms with van der Waals surface area (Å²) < 4.78 is 5.10. The van der Waals surface area contributed by atoms with E-state index >= 15 is 0 Å². The van der Waals surface area contributed by atoms with Crippen molar-refractivity contribution in [3.05, 3.63) is 0 Å². The first-order valence-corrected chi connectivity index (χ1v) is 3.12. The molecule has 0 aromatic rings. The van der Waals surface area contributed by atoms with Gasteiger partial charge in [-0.15, -0.1) is 0 Å². The van der Waals surface area contributed by atoms with Gasteiger partial charge in [0.15, 0.2) is 0 Å². The zero-order chi connectivity index (χ0) is 6.91. The molecule has 0 saturated carbocycles. The minimum absolute atomic E-state index is 0.103.